The minimum atomic E-state index is -0.929. The van der Waals surface area contributed by atoms with Gasteiger partial charge in [0, 0.05) is 23.8 Å². The van der Waals surface area contributed by atoms with E-state index in [0.717, 1.165) is 5.56 Å². The summed E-state index contributed by atoms with van der Waals surface area (Å²) in [6, 6.07) is 12.1. The summed E-state index contributed by atoms with van der Waals surface area (Å²) in [5.74, 6) is 0.969. The van der Waals surface area contributed by atoms with Crippen molar-refractivity contribution in [3.63, 3.8) is 0 Å². The zero-order valence-corrected chi connectivity index (χ0v) is 18.1. The molecular weight excluding hydrogens is 403 g/mol. The van der Waals surface area contributed by atoms with Crippen molar-refractivity contribution >= 4 is 11.8 Å². The molecule has 3 aromatic rings. The van der Waals surface area contributed by atoms with Crippen LogP contribution < -0.4 is 10.3 Å². The highest BCUT2D eigenvalue weighted by atomic mass is 32.2. The molecule has 1 aromatic heterocycles. The van der Waals surface area contributed by atoms with Crippen LogP contribution in [0.15, 0.2) is 64.7 Å². The fourth-order valence-electron chi connectivity index (χ4n) is 2.85. The Morgan fingerprint density at radius 2 is 2.00 bits per heavy atom. The topological polar surface area (TPSA) is 64.4 Å². The summed E-state index contributed by atoms with van der Waals surface area (Å²) in [5, 5.41) is 10.2. The van der Waals surface area contributed by atoms with Crippen LogP contribution in [0.2, 0.25) is 0 Å². The molecule has 0 aliphatic rings. The van der Waals surface area contributed by atoms with Crippen LogP contribution in [0.1, 0.15) is 25.0 Å². The van der Waals surface area contributed by atoms with Crippen molar-refractivity contribution in [1.29, 1.82) is 0 Å². The van der Waals surface area contributed by atoms with E-state index in [1.807, 2.05) is 13.0 Å². The third-order valence-electron chi connectivity index (χ3n) is 4.39. The minimum Gasteiger partial charge on any atom is -0.490 e. The van der Waals surface area contributed by atoms with E-state index in [4.69, 9.17) is 4.74 Å². The maximum absolute atomic E-state index is 13.8. The molecule has 0 fully saturated rings. The molecule has 30 heavy (non-hydrogen) atoms. The van der Waals surface area contributed by atoms with Crippen LogP contribution in [0.4, 0.5) is 4.39 Å². The smallest absolute Gasteiger partial charge is 0.287 e. The molecule has 1 N–H and O–H groups in total. The number of aliphatic hydroxyl groups is 1. The molecule has 0 aliphatic carbocycles. The van der Waals surface area contributed by atoms with Gasteiger partial charge in [-0.25, -0.2) is 9.37 Å². The monoisotopic (exact) mass is 428 g/mol. The standard InChI is InChI=1S/C23H25FN2O3S/c1-16-14-18(8-9-20(16)29-15-23(2,3)28)26-12-11-25-21(22(26)27)30-13-10-17-6-4-5-7-19(17)24/h4-9,11-12,14,28H,10,13,15H2,1-3H3. The Kier molecular flexibility index (Phi) is 6.95. The van der Waals surface area contributed by atoms with Gasteiger partial charge in [0.05, 0.1) is 5.60 Å². The lowest BCUT2D eigenvalue weighted by molar-refractivity contribution is 0.0282. The Morgan fingerprint density at radius 3 is 2.70 bits per heavy atom. The van der Waals surface area contributed by atoms with Gasteiger partial charge in [-0.2, -0.15) is 0 Å². The van der Waals surface area contributed by atoms with E-state index in [0.29, 0.717) is 34.2 Å². The van der Waals surface area contributed by atoms with Crippen molar-refractivity contribution in [1.82, 2.24) is 9.55 Å². The van der Waals surface area contributed by atoms with E-state index in [1.165, 1.54) is 22.4 Å². The highest BCUT2D eigenvalue weighted by Gasteiger charge is 2.15. The Morgan fingerprint density at radius 1 is 1.23 bits per heavy atom. The summed E-state index contributed by atoms with van der Waals surface area (Å²) in [6.45, 7) is 5.42. The normalized spacial score (nSPS) is 11.5. The molecule has 3 rings (SSSR count). The van der Waals surface area contributed by atoms with Crippen LogP contribution >= 0.6 is 11.8 Å². The predicted octanol–water partition coefficient (Wildman–Crippen LogP) is 4.16. The fourth-order valence-corrected chi connectivity index (χ4v) is 3.73. The number of benzene rings is 2. The number of hydrogen-bond donors (Lipinski definition) is 1. The zero-order chi connectivity index (χ0) is 21.7. The second kappa shape index (κ2) is 9.45. The van der Waals surface area contributed by atoms with Gasteiger partial charge in [-0.1, -0.05) is 18.2 Å². The van der Waals surface area contributed by atoms with Gasteiger partial charge >= 0.3 is 0 Å². The van der Waals surface area contributed by atoms with Gasteiger partial charge in [0.1, 0.15) is 18.2 Å². The first-order chi connectivity index (χ1) is 14.2. The summed E-state index contributed by atoms with van der Waals surface area (Å²) >= 11 is 1.31. The van der Waals surface area contributed by atoms with Crippen molar-refractivity contribution in [2.75, 3.05) is 12.4 Å². The van der Waals surface area contributed by atoms with Crippen LogP contribution in [-0.4, -0.2) is 32.6 Å². The molecule has 0 radical (unpaired) electrons. The van der Waals surface area contributed by atoms with Crippen LogP contribution in [0, 0.1) is 12.7 Å². The average Bonchev–Trinajstić information content (AvgIpc) is 2.69. The van der Waals surface area contributed by atoms with Crippen molar-refractivity contribution in [2.45, 2.75) is 37.8 Å². The molecular formula is C23H25FN2O3S. The molecule has 0 saturated heterocycles. The van der Waals surface area contributed by atoms with Gasteiger partial charge in [-0.3, -0.25) is 9.36 Å². The number of aromatic nitrogens is 2. The van der Waals surface area contributed by atoms with Gasteiger partial charge in [0.25, 0.3) is 5.56 Å². The first kappa shape index (κ1) is 22.1. The third-order valence-corrected chi connectivity index (χ3v) is 5.36. The Bertz CT molecular complexity index is 1080. The number of ether oxygens (including phenoxy) is 1. The molecule has 0 spiro atoms. The summed E-state index contributed by atoms with van der Waals surface area (Å²) in [4.78, 5) is 17.1. The maximum Gasteiger partial charge on any atom is 0.287 e. The quantitative estimate of drug-likeness (QED) is 0.546. The third kappa shape index (κ3) is 5.70. The zero-order valence-electron chi connectivity index (χ0n) is 17.3. The summed E-state index contributed by atoms with van der Waals surface area (Å²) in [5.41, 5.74) is 1.03. The second-order valence-corrected chi connectivity index (χ2v) is 8.73. The van der Waals surface area contributed by atoms with Gasteiger partial charge < -0.3 is 9.84 Å². The SMILES string of the molecule is Cc1cc(-n2ccnc(SCCc3ccccc3F)c2=O)ccc1OCC(C)(C)O. The molecule has 1 heterocycles. The number of rotatable bonds is 8. The molecule has 7 heteroatoms. The number of hydrogen-bond acceptors (Lipinski definition) is 5. The molecule has 0 aliphatic heterocycles. The van der Waals surface area contributed by atoms with E-state index in [9.17, 15) is 14.3 Å². The fraction of sp³-hybridized carbons (Fsp3) is 0.304. The number of halogens is 1. The van der Waals surface area contributed by atoms with E-state index >= 15 is 0 Å². The van der Waals surface area contributed by atoms with Gasteiger partial charge in [-0.15, -0.1) is 11.8 Å². The van der Waals surface area contributed by atoms with E-state index in [1.54, 1.807) is 56.6 Å². The van der Waals surface area contributed by atoms with E-state index in [2.05, 4.69) is 4.98 Å². The Labute approximate surface area is 179 Å². The first-order valence-electron chi connectivity index (χ1n) is 9.65. The molecule has 158 valence electrons. The molecule has 0 saturated carbocycles. The van der Waals surface area contributed by atoms with Crippen LogP contribution in [0.25, 0.3) is 5.69 Å². The summed E-state index contributed by atoms with van der Waals surface area (Å²) in [7, 11) is 0. The molecule has 0 unspecified atom stereocenters. The molecule has 0 amide bonds. The average molecular weight is 429 g/mol. The molecule has 0 bridgehead atoms. The lowest BCUT2D eigenvalue weighted by Crippen LogP contribution is -2.28. The maximum atomic E-state index is 13.8. The van der Waals surface area contributed by atoms with Crippen molar-refractivity contribution in [2.24, 2.45) is 0 Å². The van der Waals surface area contributed by atoms with Crippen LogP contribution in [0.5, 0.6) is 5.75 Å². The first-order valence-corrected chi connectivity index (χ1v) is 10.6. The predicted molar refractivity (Wildman–Crippen MR) is 117 cm³/mol. The molecule has 5 nitrogen and oxygen atoms in total. The second-order valence-electron chi connectivity index (χ2n) is 7.65. The minimum absolute atomic E-state index is 0.172. The summed E-state index contributed by atoms with van der Waals surface area (Å²) in [6.07, 6.45) is 3.72. The van der Waals surface area contributed by atoms with Gasteiger partial charge in [0.2, 0.25) is 0 Å². The lowest BCUT2D eigenvalue weighted by atomic mass is 10.1. The molecule has 2 aromatic carbocycles. The van der Waals surface area contributed by atoms with Crippen molar-refractivity contribution in [3.8, 4) is 11.4 Å². The van der Waals surface area contributed by atoms with Crippen molar-refractivity contribution in [3.05, 3.63) is 82.2 Å². The van der Waals surface area contributed by atoms with Gasteiger partial charge in [0.15, 0.2) is 5.03 Å². The van der Waals surface area contributed by atoms with E-state index in [-0.39, 0.29) is 18.0 Å². The molecule has 0 atom stereocenters. The Balaban J connectivity index is 1.73. The number of thioether (sulfide) groups is 1. The highest BCUT2D eigenvalue weighted by Crippen LogP contribution is 2.22. The highest BCUT2D eigenvalue weighted by molar-refractivity contribution is 7.99. The van der Waals surface area contributed by atoms with Gasteiger partial charge in [-0.05, 0) is 62.6 Å². The number of nitrogens with zero attached hydrogens (tertiary/aromatic N) is 2. The van der Waals surface area contributed by atoms with Crippen LogP contribution in [0.3, 0.4) is 0 Å². The van der Waals surface area contributed by atoms with Crippen molar-refractivity contribution < 1.29 is 14.2 Å². The summed E-state index contributed by atoms with van der Waals surface area (Å²) < 4.78 is 21.0. The largest absolute Gasteiger partial charge is 0.490 e. The van der Waals surface area contributed by atoms with Crippen LogP contribution in [-0.2, 0) is 6.42 Å². The lowest BCUT2D eigenvalue weighted by Gasteiger charge is -2.19. The Hall–Kier alpha value is -2.64. The number of aryl methyl sites for hydroxylation is 2. The van der Waals surface area contributed by atoms with E-state index < -0.39 is 5.60 Å².